The third kappa shape index (κ3) is 13.2. The lowest BCUT2D eigenvalue weighted by molar-refractivity contribution is -0.147. The summed E-state index contributed by atoms with van der Waals surface area (Å²) in [5, 5.41) is 23.6. The molecule has 3 heterocycles. The molecule has 4 aromatic rings. The van der Waals surface area contributed by atoms with Crippen molar-refractivity contribution in [2.75, 3.05) is 26.0 Å². The Hall–Kier alpha value is -7.45. The number of benzene rings is 3. The molecule has 3 aromatic carbocycles. The van der Waals surface area contributed by atoms with Crippen LogP contribution in [-0.4, -0.2) is 125 Å². The molecule has 0 radical (unpaired) electrons. The molecule has 4 aliphatic rings. The number of nitrogens with one attached hydrogen (secondary N) is 8. The predicted molar refractivity (Wildman–Crippen MR) is 301 cm³/mol. The van der Waals surface area contributed by atoms with Gasteiger partial charge in [0.05, 0.1) is 30.4 Å². The number of likely N-dealkylation sites (tertiary alicyclic amines) is 1. The molecule has 9 atom stereocenters. The molecule has 8 rings (SSSR count). The Bertz CT molecular complexity index is 3000. The lowest BCUT2D eigenvalue weighted by Gasteiger charge is -2.42. The first kappa shape index (κ1) is 58.7. The minimum atomic E-state index is -1.01. The van der Waals surface area contributed by atoms with E-state index in [2.05, 4.69) is 59.7 Å². The Balaban J connectivity index is 0.983. The molecule has 1 fully saturated rings. The normalized spacial score (nSPS) is 21.2. The fraction of sp³-hybridized carbons (Fsp3) is 0.517. The molecule has 8 N–H and O–H groups in total. The van der Waals surface area contributed by atoms with Gasteiger partial charge in [-0.2, -0.15) is 0 Å². The smallest absolute Gasteiger partial charge is 0.302 e. The van der Waals surface area contributed by atoms with Crippen LogP contribution in [0.25, 0.3) is 0 Å². The van der Waals surface area contributed by atoms with E-state index in [1.807, 2.05) is 77.9 Å². The molecule has 20 nitrogen and oxygen atoms in total. The summed E-state index contributed by atoms with van der Waals surface area (Å²) in [7, 11) is 3.30. The number of carbonyl (C=O) groups excluding carboxylic acids is 8. The second kappa shape index (κ2) is 24.5. The van der Waals surface area contributed by atoms with Crippen LogP contribution in [0.15, 0.2) is 77.3 Å². The van der Waals surface area contributed by atoms with Crippen LogP contribution in [0.4, 0.5) is 6.01 Å². The standard InChI is InChI=1S/C60H79N11O9/c1-33(61-9)50(72)67-48(59(3,4)5)56(78)70-31-39-27-38(26-25-37(39)28-45(70)53(75)65-43-23-15-19-35-17-11-13-21-41(35)43)52(74)69-58-63-30-47(80-58)55(77)64-40-29-46(54(76)66-44-24-16-20-36-18-12-14-22-42(36)44)71(32-40)57(79)49(60(6,7)8)68-51(73)34(2)62-10/h11-14,17-18,21-22,25-27,30,33-34,40,43-46,48-49,61-62H,15-16,19-20,23-24,28-29,31-32H2,1-10H3,(H,64,77)(H,65,75)(H,66,76)(H,67,72)(H,68,73)(H,63,69,74)/t33-,34-,40-,43+,44+,45-,46-,48+,49+/m0/s1. The highest BCUT2D eigenvalue weighted by molar-refractivity contribution is 6.04. The number of fused-ring (bicyclic) bond motifs is 3. The van der Waals surface area contributed by atoms with E-state index in [1.165, 1.54) is 15.4 Å². The molecule has 0 bridgehead atoms. The molecule has 2 aliphatic heterocycles. The summed E-state index contributed by atoms with van der Waals surface area (Å²) in [5.41, 5.74) is 4.46. The minimum Gasteiger partial charge on any atom is -0.418 e. The number of amides is 8. The Morgan fingerprint density at radius 3 is 1.69 bits per heavy atom. The molecule has 428 valence electrons. The van der Waals surface area contributed by atoms with Crippen molar-refractivity contribution in [1.29, 1.82) is 0 Å². The number of rotatable bonds is 16. The second-order valence-corrected chi connectivity index (χ2v) is 24.0. The maximum Gasteiger partial charge on any atom is 0.302 e. The zero-order valence-electron chi connectivity index (χ0n) is 47.7. The average molecular weight is 1100 g/mol. The fourth-order valence-corrected chi connectivity index (χ4v) is 11.3. The molecule has 20 heteroatoms. The summed E-state index contributed by atoms with van der Waals surface area (Å²) >= 11 is 0. The zero-order valence-corrected chi connectivity index (χ0v) is 47.7. The van der Waals surface area contributed by atoms with Gasteiger partial charge in [0, 0.05) is 31.1 Å². The monoisotopic (exact) mass is 1100 g/mol. The Morgan fingerprint density at radius 1 is 0.625 bits per heavy atom. The zero-order chi connectivity index (χ0) is 57.8. The lowest BCUT2D eigenvalue weighted by atomic mass is 9.83. The van der Waals surface area contributed by atoms with Crippen molar-refractivity contribution >= 4 is 53.3 Å². The first-order valence-electron chi connectivity index (χ1n) is 28.0. The van der Waals surface area contributed by atoms with Gasteiger partial charge >= 0.3 is 6.01 Å². The van der Waals surface area contributed by atoms with Crippen LogP contribution in [0.3, 0.4) is 0 Å². The third-order valence-corrected chi connectivity index (χ3v) is 16.2. The van der Waals surface area contributed by atoms with Crippen molar-refractivity contribution in [3.8, 4) is 0 Å². The Morgan fingerprint density at radius 2 is 1.15 bits per heavy atom. The molecule has 1 aromatic heterocycles. The number of hydrogen-bond acceptors (Lipinski definition) is 12. The first-order valence-corrected chi connectivity index (χ1v) is 28.0. The Labute approximate surface area is 468 Å². The molecular formula is C60H79N11O9. The number of oxazole rings is 1. The van der Waals surface area contributed by atoms with Gasteiger partial charge in [0.15, 0.2) is 0 Å². The average Bonchev–Trinajstić information content (AvgIpc) is 4.19. The topological polar surface area (TPSA) is 265 Å². The fourth-order valence-electron chi connectivity index (χ4n) is 11.3. The maximum absolute atomic E-state index is 14.9. The van der Waals surface area contributed by atoms with E-state index in [4.69, 9.17) is 4.42 Å². The van der Waals surface area contributed by atoms with Crippen LogP contribution >= 0.6 is 0 Å². The number of nitrogens with zero attached hydrogens (tertiary/aromatic N) is 3. The lowest BCUT2D eigenvalue weighted by Crippen LogP contribution is -2.62. The van der Waals surface area contributed by atoms with Gasteiger partial charge in [-0.25, -0.2) is 4.98 Å². The maximum atomic E-state index is 14.9. The van der Waals surface area contributed by atoms with Gasteiger partial charge < -0.3 is 51.4 Å². The number of hydrogen-bond donors (Lipinski definition) is 8. The highest BCUT2D eigenvalue weighted by Gasteiger charge is 2.47. The van der Waals surface area contributed by atoms with Crippen LogP contribution in [-0.2, 0) is 54.6 Å². The largest absolute Gasteiger partial charge is 0.418 e. The SMILES string of the molecule is CN[C@@H](C)C(=O)N[C@H](C(=O)N1Cc2cc(C(=O)Nc3ncc(C(=O)N[C@H]4C[C@@H](C(=O)N[C@@H]5CCCc6ccccc65)N(C(=O)[C@@H](NC(=O)[C@H](C)NC)C(C)(C)C)C4)o3)ccc2C[C@H]1C(=O)N[C@@H]1CCCc2ccccc21)C(C)(C)C. The highest BCUT2D eigenvalue weighted by Crippen LogP contribution is 2.35. The van der Waals surface area contributed by atoms with E-state index in [9.17, 15) is 38.4 Å². The molecule has 0 saturated carbocycles. The molecule has 0 unspecified atom stereocenters. The van der Waals surface area contributed by atoms with Crippen LogP contribution < -0.4 is 42.5 Å². The first-order chi connectivity index (χ1) is 37.9. The predicted octanol–water partition coefficient (Wildman–Crippen LogP) is 4.54. The molecule has 0 spiro atoms. The Kier molecular flexibility index (Phi) is 18.0. The molecule has 8 amide bonds. The summed E-state index contributed by atoms with van der Waals surface area (Å²) < 4.78 is 5.79. The van der Waals surface area contributed by atoms with Gasteiger partial charge in [-0.1, -0.05) is 96.1 Å². The second-order valence-electron chi connectivity index (χ2n) is 24.0. The third-order valence-electron chi connectivity index (χ3n) is 16.2. The number of anilines is 1. The summed E-state index contributed by atoms with van der Waals surface area (Å²) in [6, 6.07) is 14.4. The van der Waals surface area contributed by atoms with Crippen molar-refractivity contribution in [3.63, 3.8) is 0 Å². The van der Waals surface area contributed by atoms with Crippen molar-refractivity contribution in [1.82, 2.24) is 52.0 Å². The molecule has 1 saturated heterocycles. The van der Waals surface area contributed by atoms with Crippen molar-refractivity contribution in [2.24, 2.45) is 10.8 Å². The van der Waals surface area contributed by atoms with E-state index in [-0.39, 0.29) is 79.0 Å². The van der Waals surface area contributed by atoms with E-state index in [0.29, 0.717) is 5.56 Å². The minimum absolute atomic E-state index is 0.0374. The van der Waals surface area contributed by atoms with E-state index in [0.717, 1.165) is 67.0 Å². The quantitative estimate of drug-likeness (QED) is 0.0769. The van der Waals surface area contributed by atoms with Crippen LogP contribution in [0.2, 0.25) is 0 Å². The van der Waals surface area contributed by atoms with Crippen LogP contribution in [0, 0.1) is 10.8 Å². The summed E-state index contributed by atoms with van der Waals surface area (Å²) in [5.74, 6) is -3.93. The number of likely N-dealkylation sites (N-methyl/N-ethyl adjacent to an activating group) is 2. The van der Waals surface area contributed by atoms with Gasteiger partial charge in [-0.05, 0) is 129 Å². The van der Waals surface area contributed by atoms with E-state index < -0.39 is 76.8 Å². The van der Waals surface area contributed by atoms with Crippen molar-refractivity contribution in [2.45, 2.75) is 168 Å². The van der Waals surface area contributed by atoms with Crippen LogP contribution in [0.1, 0.15) is 154 Å². The van der Waals surface area contributed by atoms with Gasteiger partial charge in [0.2, 0.25) is 41.2 Å². The van der Waals surface area contributed by atoms with Gasteiger partial charge in [0.25, 0.3) is 11.8 Å². The summed E-state index contributed by atoms with van der Waals surface area (Å²) in [6.45, 7) is 14.3. The molecule has 2 aliphatic carbocycles. The summed E-state index contributed by atoms with van der Waals surface area (Å²) in [6.07, 6.45) is 6.42. The van der Waals surface area contributed by atoms with Crippen molar-refractivity contribution in [3.05, 3.63) is 118 Å². The van der Waals surface area contributed by atoms with Gasteiger partial charge in [-0.15, -0.1) is 0 Å². The van der Waals surface area contributed by atoms with E-state index >= 15 is 0 Å². The van der Waals surface area contributed by atoms with Gasteiger partial charge in [0.1, 0.15) is 24.2 Å². The highest BCUT2D eigenvalue weighted by atomic mass is 16.4. The number of carbonyl (C=O) groups is 8. The van der Waals surface area contributed by atoms with E-state index in [1.54, 1.807) is 46.1 Å². The van der Waals surface area contributed by atoms with Crippen molar-refractivity contribution < 1.29 is 42.8 Å². The van der Waals surface area contributed by atoms with Crippen LogP contribution in [0.5, 0.6) is 0 Å². The molecular weight excluding hydrogens is 1020 g/mol. The molecule has 80 heavy (non-hydrogen) atoms. The van der Waals surface area contributed by atoms with Gasteiger partial charge in [-0.3, -0.25) is 43.7 Å². The number of aryl methyl sites for hydroxylation is 2. The summed E-state index contributed by atoms with van der Waals surface area (Å²) in [4.78, 5) is 120. The number of aromatic nitrogens is 1.